The number of nitrogens with zero attached hydrogens (tertiary/aromatic N) is 1. The van der Waals surface area contributed by atoms with Gasteiger partial charge in [0.1, 0.15) is 11.6 Å². The van der Waals surface area contributed by atoms with Crippen LogP contribution in [0.3, 0.4) is 0 Å². The summed E-state index contributed by atoms with van der Waals surface area (Å²) >= 11 is 0. The van der Waals surface area contributed by atoms with Crippen LogP contribution in [0.4, 0.5) is 10.1 Å². The second-order valence-corrected chi connectivity index (χ2v) is 5.85. The lowest BCUT2D eigenvalue weighted by Gasteiger charge is -2.15. The van der Waals surface area contributed by atoms with E-state index in [1.165, 1.54) is 24.3 Å². The van der Waals surface area contributed by atoms with Crippen molar-refractivity contribution in [2.75, 3.05) is 18.6 Å². The first-order valence-corrected chi connectivity index (χ1v) is 8.07. The molecule has 3 rings (SSSR count). The Labute approximate surface area is 145 Å². The molecule has 1 aliphatic rings. The summed E-state index contributed by atoms with van der Waals surface area (Å²) in [5, 5.41) is 3.13. The molecule has 130 valence electrons. The number of carbonyl (C=O) groups is 2. The third-order valence-corrected chi connectivity index (χ3v) is 4.19. The Morgan fingerprint density at radius 3 is 2.44 bits per heavy atom. The van der Waals surface area contributed by atoms with E-state index in [1.54, 1.807) is 7.11 Å². The summed E-state index contributed by atoms with van der Waals surface area (Å²) in [5.74, 6) is -0.190. The van der Waals surface area contributed by atoms with Crippen LogP contribution in [-0.2, 0) is 16.0 Å². The van der Waals surface area contributed by atoms with E-state index in [4.69, 9.17) is 4.74 Å². The lowest BCUT2D eigenvalue weighted by molar-refractivity contribution is -0.121. The molecule has 0 aromatic heterocycles. The number of anilines is 1. The molecule has 0 bridgehead atoms. The molecule has 1 N–H and O–H groups in total. The van der Waals surface area contributed by atoms with E-state index in [0.29, 0.717) is 12.2 Å². The van der Waals surface area contributed by atoms with Crippen LogP contribution in [0.15, 0.2) is 48.5 Å². The van der Waals surface area contributed by atoms with Crippen LogP contribution >= 0.6 is 0 Å². The average molecular weight is 342 g/mol. The van der Waals surface area contributed by atoms with Gasteiger partial charge in [0.2, 0.25) is 5.91 Å². The summed E-state index contributed by atoms with van der Waals surface area (Å²) < 4.78 is 18.1. The molecule has 5 nitrogen and oxygen atoms in total. The Morgan fingerprint density at radius 2 is 1.80 bits per heavy atom. The maximum Gasteiger partial charge on any atom is 0.251 e. The van der Waals surface area contributed by atoms with Gasteiger partial charge in [-0.05, 0) is 54.9 Å². The number of rotatable bonds is 6. The van der Waals surface area contributed by atoms with Crippen LogP contribution in [0.5, 0.6) is 5.75 Å². The van der Waals surface area contributed by atoms with E-state index in [1.807, 2.05) is 24.3 Å². The van der Waals surface area contributed by atoms with E-state index >= 15 is 0 Å². The summed E-state index contributed by atoms with van der Waals surface area (Å²) in [6, 6.07) is 12.5. The number of nitrogens with one attached hydrogen (secondary N) is 1. The lowest BCUT2D eigenvalue weighted by Crippen LogP contribution is -2.39. The summed E-state index contributed by atoms with van der Waals surface area (Å²) in [4.78, 5) is 25.7. The quantitative estimate of drug-likeness (QED) is 0.819. The largest absolute Gasteiger partial charge is 0.497 e. The molecular formula is C19H19FN2O3. The number of hydrogen-bond donors (Lipinski definition) is 1. The molecule has 6 heteroatoms. The van der Waals surface area contributed by atoms with Gasteiger partial charge in [0, 0.05) is 0 Å². The van der Waals surface area contributed by atoms with E-state index in [2.05, 4.69) is 5.32 Å². The van der Waals surface area contributed by atoms with E-state index in [9.17, 15) is 14.0 Å². The van der Waals surface area contributed by atoms with Crippen molar-refractivity contribution >= 4 is 17.5 Å². The number of ether oxygens (including phenoxy) is 1. The van der Waals surface area contributed by atoms with Gasteiger partial charge in [-0.1, -0.05) is 12.1 Å². The fourth-order valence-corrected chi connectivity index (χ4v) is 2.84. The molecule has 1 saturated heterocycles. The Bertz CT molecular complexity index is 759. The molecule has 25 heavy (non-hydrogen) atoms. The van der Waals surface area contributed by atoms with Crippen LogP contribution in [0.1, 0.15) is 12.0 Å². The predicted octanol–water partition coefficient (Wildman–Crippen LogP) is 2.30. The number of imide groups is 1. The van der Waals surface area contributed by atoms with Gasteiger partial charge in [0.25, 0.3) is 5.91 Å². The Kier molecular flexibility index (Phi) is 5.09. The first-order valence-electron chi connectivity index (χ1n) is 8.07. The number of halogens is 1. The zero-order valence-corrected chi connectivity index (χ0v) is 13.9. The molecule has 1 aliphatic heterocycles. The second-order valence-electron chi connectivity index (χ2n) is 5.85. The van der Waals surface area contributed by atoms with Gasteiger partial charge in [0.05, 0.1) is 25.3 Å². The van der Waals surface area contributed by atoms with Gasteiger partial charge >= 0.3 is 0 Å². The SMILES string of the molecule is COc1ccc(CCNC2CC(=O)N(c3ccc(F)cc3)C2=O)cc1. The zero-order valence-electron chi connectivity index (χ0n) is 13.9. The highest BCUT2D eigenvalue weighted by Gasteiger charge is 2.39. The Hall–Kier alpha value is -2.73. The standard InChI is InChI=1S/C19H19FN2O3/c1-25-16-8-2-13(3-9-16)10-11-21-17-12-18(23)22(19(17)24)15-6-4-14(20)5-7-15/h2-9,17,21H,10-12H2,1H3. The maximum absolute atomic E-state index is 13.0. The second kappa shape index (κ2) is 7.44. The highest BCUT2D eigenvalue weighted by Crippen LogP contribution is 2.23. The summed E-state index contributed by atoms with van der Waals surface area (Å²) in [6.07, 6.45) is 0.845. The molecule has 0 radical (unpaired) electrons. The summed E-state index contributed by atoms with van der Waals surface area (Å²) in [5.41, 5.74) is 1.51. The van der Waals surface area contributed by atoms with Crippen LogP contribution in [-0.4, -0.2) is 31.5 Å². The van der Waals surface area contributed by atoms with Crippen molar-refractivity contribution < 1.29 is 18.7 Å². The van der Waals surface area contributed by atoms with Gasteiger partial charge in [-0.25, -0.2) is 9.29 Å². The third kappa shape index (κ3) is 3.85. The molecule has 1 atom stereocenters. The molecule has 2 aromatic carbocycles. The molecular weight excluding hydrogens is 323 g/mol. The molecule has 0 saturated carbocycles. The van der Waals surface area contributed by atoms with Gasteiger partial charge in [-0.2, -0.15) is 0 Å². The minimum absolute atomic E-state index is 0.110. The monoisotopic (exact) mass is 342 g/mol. The number of benzene rings is 2. The fraction of sp³-hybridized carbons (Fsp3) is 0.263. The Morgan fingerprint density at radius 1 is 1.12 bits per heavy atom. The highest BCUT2D eigenvalue weighted by molar-refractivity contribution is 6.22. The average Bonchev–Trinajstić information content (AvgIpc) is 2.90. The summed E-state index contributed by atoms with van der Waals surface area (Å²) in [6.45, 7) is 0.577. The van der Waals surface area contributed by atoms with Crippen molar-refractivity contribution in [2.45, 2.75) is 18.9 Å². The summed E-state index contributed by atoms with van der Waals surface area (Å²) in [7, 11) is 1.62. The van der Waals surface area contributed by atoms with Gasteiger partial charge < -0.3 is 10.1 Å². The van der Waals surface area contributed by atoms with Crippen molar-refractivity contribution in [2.24, 2.45) is 0 Å². The van der Waals surface area contributed by atoms with Gasteiger partial charge in [0.15, 0.2) is 0 Å². The van der Waals surface area contributed by atoms with Crippen molar-refractivity contribution in [3.63, 3.8) is 0 Å². The van der Waals surface area contributed by atoms with Crippen molar-refractivity contribution in [1.29, 1.82) is 0 Å². The third-order valence-electron chi connectivity index (χ3n) is 4.19. The number of methoxy groups -OCH3 is 1. The minimum atomic E-state index is -0.546. The van der Waals surface area contributed by atoms with Crippen molar-refractivity contribution in [3.8, 4) is 5.75 Å². The smallest absolute Gasteiger partial charge is 0.251 e. The minimum Gasteiger partial charge on any atom is -0.497 e. The first-order chi connectivity index (χ1) is 12.1. The van der Waals surface area contributed by atoms with Crippen LogP contribution in [0.2, 0.25) is 0 Å². The zero-order chi connectivity index (χ0) is 17.8. The molecule has 1 heterocycles. The lowest BCUT2D eigenvalue weighted by atomic mass is 10.1. The maximum atomic E-state index is 13.0. The molecule has 1 unspecified atom stereocenters. The normalized spacial score (nSPS) is 17.2. The molecule has 2 amide bonds. The van der Waals surface area contributed by atoms with E-state index in [-0.39, 0.29) is 18.2 Å². The van der Waals surface area contributed by atoms with Gasteiger partial charge in [-0.3, -0.25) is 9.59 Å². The number of carbonyl (C=O) groups excluding carboxylic acids is 2. The van der Waals surface area contributed by atoms with E-state index in [0.717, 1.165) is 22.6 Å². The van der Waals surface area contributed by atoms with Crippen LogP contribution < -0.4 is 15.0 Å². The van der Waals surface area contributed by atoms with Crippen LogP contribution in [0, 0.1) is 5.82 Å². The van der Waals surface area contributed by atoms with Crippen LogP contribution in [0.25, 0.3) is 0 Å². The molecule has 0 aliphatic carbocycles. The Balaban J connectivity index is 1.57. The first kappa shape index (κ1) is 17.1. The topological polar surface area (TPSA) is 58.6 Å². The van der Waals surface area contributed by atoms with E-state index < -0.39 is 11.9 Å². The molecule has 2 aromatic rings. The number of amides is 2. The fourth-order valence-electron chi connectivity index (χ4n) is 2.84. The van der Waals surface area contributed by atoms with Crippen molar-refractivity contribution in [3.05, 3.63) is 59.9 Å². The van der Waals surface area contributed by atoms with Gasteiger partial charge in [-0.15, -0.1) is 0 Å². The van der Waals surface area contributed by atoms with Crippen molar-refractivity contribution in [1.82, 2.24) is 5.32 Å². The molecule has 0 spiro atoms. The highest BCUT2D eigenvalue weighted by atomic mass is 19.1. The number of hydrogen-bond acceptors (Lipinski definition) is 4. The molecule has 1 fully saturated rings. The predicted molar refractivity (Wildman–Crippen MR) is 92.0 cm³/mol.